The van der Waals surface area contributed by atoms with Crippen molar-refractivity contribution in [3.8, 4) is 11.5 Å². The molecule has 0 spiro atoms. The van der Waals surface area contributed by atoms with Crippen molar-refractivity contribution in [3.05, 3.63) is 23.3 Å². The van der Waals surface area contributed by atoms with Crippen LogP contribution in [0, 0.1) is 5.92 Å². The largest absolute Gasteiger partial charge is 0.493 e. The van der Waals surface area contributed by atoms with Crippen molar-refractivity contribution in [3.63, 3.8) is 0 Å². The Labute approximate surface area is 164 Å². The van der Waals surface area contributed by atoms with Crippen LogP contribution < -0.4 is 9.47 Å². The van der Waals surface area contributed by atoms with E-state index in [1.807, 2.05) is 45.6 Å². The molecule has 1 fully saturated rings. The van der Waals surface area contributed by atoms with Gasteiger partial charge in [0.2, 0.25) is 0 Å². The Morgan fingerprint density at radius 2 is 1.81 bits per heavy atom. The summed E-state index contributed by atoms with van der Waals surface area (Å²) < 4.78 is 16.7. The lowest BCUT2D eigenvalue weighted by atomic mass is 9.75. The van der Waals surface area contributed by atoms with E-state index >= 15 is 0 Å². The molecular formula is C22H35NO4. The van der Waals surface area contributed by atoms with Crippen molar-refractivity contribution in [1.82, 2.24) is 4.90 Å². The van der Waals surface area contributed by atoms with E-state index < -0.39 is 5.60 Å². The Morgan fingerprint density at radius 3 is 2.41 bits per heavy atom. The van der Waals surface area contributed by atoms with Crippen LogP contribution in [0.2, 0.25) is 0 Å². The average molecular weight is 378 g/mol. The number of methoxy groups -OCH3 is 2. The molecule has 2 aliphatic rings. The second kappa shape index (κ2) is 8.85. The van der Waals surface area contributed by atoms with E-state index in [9.17, 15) is 4.79 Å². The number of hydrogen-bond acceptors (Lipinski definition) is 4. The number of carbonyl (C=O) groups is 1. The van der Waals surface area contributed by atoms with Gasteiger partial charge in [0, 0.05) is 18.2 Å². The molecule has 1 aromatic rings. The summed E-state index contributed by atoms with van der Waals surface area (Å²) in [5, 5.41) is 0. The fourth-order valence-corrected chi connectivity index (χ4v) is 4.13. The lowest BCUT2D eigenvalue weighted by Crippen LogP contribution is -2.53. The summed E-state index contributed by atoms with van der Waals surface area (Å²) in [5.74, 6) is 2.06. The minimum absolute atomic E-state index is 0.189. The van der Waals surface area contributed by atoms with E-state index in [4.69, 9.17) is 14.2 Å². The van der Waals surface area contributed by atoms with Gasteiger partial charge in [-0.2, -0.15) is 0 Å². The second-order valence-corrected chi connectivity index (χ2v) is 7.99. The molecule has 1 aliphatic heterocycles. The average Bonchev–Trinajstić information content (AvgIpc) is 2.65. The van der Waals surface area contributed by atoms with Crippen LogP contribution in [0.15, 0.2) is 12.1 Å². The van der Waals surface area contributed by atoms with Gasteiger partial charge in [-0.05, 0) is 64.0 Å². The van der Waals surface area contributed by atoms with E-state index in [0.717, 1.165) is 43.7 Å². The Balaban J connectivity index is 0.00000126. The molecule has 0 N–H and O–H groups in total. The van der Waals surface area contributed by atoms with Gasteiger partial charge >= 0.3 is 6.09 Å². The highest BCUT2D eigenvalue weighted by Crippen LogP contribution is 2.42. The quantitative estimate of drug-likeness (QED) is 0.740. The van der Waals surface area contributed by atoms with Crippen molar-refractivity contribution in [2.45, 2.75) is 71.9 Å². The highest BCUT2D eigenvalue weighted by atomic mass is 16.6. The van der Waals surface area contributed by atoms with E-state index in [2.05, 4.69) is 6.07 Å². The number of rotatable bonds is 2. The maximum atomic E-state index is 12.7. The molecule has 0 bridgehead atoms. The first-order chi connectivity index (χ1) is 12.8. The number of carbonyl (C=O) groups excluding carboxylic acids is 1. The van der Waals surface area contributed by atoms with Gasteiger partial charge in [-0.15, -0.1) is 0 Å². The zero-order valence-corrected chi connectivity index (χ0v) is 17.9. The van der Waals surface area contributed by atoms with Crippen LogP contribution in [0.25, 0.3) is 0 Å². The smallest absolute Gasteiger partial charge is 0.410 e. The fraction of sp³-hybridized carbons (Fsp3) is 0.682. The third-order valence-corrected chi connectivity index (χ3v) is 5.19. The summed E-state index contributed by atoms with van der Waals surface area (Å²) in [4.78, 5) is 14.6. The van der Waals surface area contributed by atoms with E-state index in [1.54, 1.807) is 14.2 Å². The van der Waals surface area contributed by atoms with Crippen molar-refractivity contribution in [2.24, 2.45) is 5.92 Å². The highest BCUT2D eigenvalue weighted by Gasteiger charge is 2.40. The molecular weight excluding hydrogens is 342 g/mol. The molecule has 27 heavy (non-hydrogen) atoms. The van der Waals surface area contributed by atoms with Gasteiger partial charge in [0.1, 0.15) is 5.60 Å². The Kier molecular flexibility index (Phi) is 7.01. The minimum Gasteiger partial charge on any atom is -0.493 e. The Hall–Kier alpha value is -1.91. The maximum Gasteiger partial charge on any atom is 0.410 e. The number of likely N-dealkylation sites (tertiary alicyclic amines) is 1. The molecule has 1 aromatic carbocycles. The van der Waals surface area contributed by atoms with Crippen molar-refractivity contribution < 1.29 is 19.0 Å². The zero-order valence-electron chi connectivity index (χ0n) is 17.9. The normalized spacial score (nSPS) is 21.2. The zero-order chi connectivity index (χ0) is 20.2. The number of piperidine rings is 1. The molecule has 1 heterocycles. The van der Waals surface area contributed by atoms with Crippen LogP contribution in [-0.2, 0) is 17.6 Å². The number of ether oxygens (including phenoxy) is 3. The second-order valence-electron chi connectivity index (χ2n) is 7.99. The number of amides is 1. The predicted molar refractivity (Wildman–Crippen MR) is 108 cm³/mol. The summed E-state index contributed by atoms with van der Waals surface area (Å²) >= 11 is 0. The number of benzene rings is 1. The first-order valence-corrected chi connectivity index (χ1v) is 10.1. The number of fused-ring (bicyclic) bond motifs is 2. The topological polar surface area (TPSA) is 48.0 Å². The molecule has 3 rings (SSSR count). The summed E-state index contributed by atoms with van der Waals surface area (Å²) in [6.07, 6.45) is 3.72. The highest BCUT2D eigenvalue weighted by molar-refractivity contribution is 5.69. The van der Waals surface area contributed by atoms with E-state index in [-0.39, 0.29) is 12.1 Å². The Bertz CT molecular complexity index is 650. The van der Waals surface area contributed by atoms with Crippen LogP contribution in [0.1, 0.15) is 58.6 Å². The number of hydrogen-bond donors (Lipinski definition) is 0. The van der Waals surface area contributed by atoms with Crippen LogP contribution in [0.3, 0.4) is 0 Å². The molecule has 152 valence electrons. The molecule has 1 unspecified atom stereocenters. The molecule has 5 nitrogen and oxygen atoms in total. The SMILES string of the molecule is CC.COc1ccc2c(c1OC)CC1CCCN(C(=O)OC(C)(C)C)[C@H]1C2. The van der Waals surface area contributed by atoms with Crippen molar-refractivity contribution >= 4 is 6.09 Å². The Morgan fingerprint density at radius 1 is 1.11 bits per heavy atom. The van der Waals surface area contributed by atoms with Gasteiger partial charge in [0.15, 0.2) is 11.5 Å². The van der Waals surface area contributed by atoms with Crippen molar-refractivity contribution in [1.29, 1.82) is 0 Å². The first kappa shape index (κ1) is 21.4. The molecule has 1 saturated heterocycles. The summed E-state index contributed by atoms with van der Waals surface area (Å²) in [5.41, 5.74) is 2.01. The molecule has 0 aromatic heterocycles. The van der Waals surface area contributed by atoms with Gasteiger partial charge in [-0.1, -0.05) is 19.9 Å². The van der Waals surface area contributed by atoms with Crippen LogP contribution in [0.5, 0.6) is 11.5 Å². The van der Waals surface area contributed by atoms with Crippen LogP contribution in [0.4, 0.5) is 4.79 Å². The van der Waals surface area contributed by atoms with Gasteiger partial charge in [-0.3, -0.25) is 0 Å². The molecule has 0 saturated carbocycles. The lowest BCUT2D eigenvalue weighted by Gasteiger charge is -2.44. The van der Waals surface area contributed by atoms with E-state index in [0.29, 0.717) is 5.92 Å². The summed E-state index contributed by atoms with van der Waals surface area (Å²) in [6.45, 7) is 10.5. The van der Waals surface area contributed by atoms with Gasteiger partial charge in [-0.25, -0.2) is 4.79 Å². The monoisotopic (exact) mass is 377 g/mol. The maximum absolute atomic E-state index is 12.7. The number of nitrogens with zero attached hydrogens (tertiary/aromatic N) is 1. The molecule has 1 amide bonds. The van der Waals surface area contributed by atoms with Crippen LogP contribution >= 0.6 is 0 Å². The van der Waals surface area contributed by atoms with Gasteiger partial charge in [0.25, 0.3) is 0 Å². The molecule has 2 atom stereocenters. The van der Waals surface area contributed by atoms with Gasteiger partial charge < -0.3 is 19.1 Å². The predicted octanol–water partition coefficient (Wildman–Crippen LogP) is 4.84. The fourth-order valence-electron chi connectivity index (χ4n) is 4.13. The first-order valence-electron chi connectivity index (χ1n) is 10.1. The lowest BCUT2D eigenvalue weighted by molar-refractivity contribution is -0.00145. The summed E-state index contributed by atoms with van der Waals surface area (Å²) in [6, 6.07) is 4.27. The van der Waals surface area contributed by atoms with Gasteiger partial charge in [0.05, 0.1) is 14.2 Å². The summed E-state index contributed by atoms with van der Waals surface area (Å²) in [7, 11) is 3.36. The molecule has 5 heteroatoms. The third-order valence-electron chi connectivity index (χ3n) is 5.19. The molecule has 0 radical (unpaired) electrons. The molecule has 1 aliphatic carbocycles. The van der Waals surface area contributed by atoms with E-state index in [1.165, 1.54) is 11.1 Å². The van der Waals surface area contributed by atoms with Crippen LogP contribution in [-0.4, -0.2) is 43.4 Å². The van der Waals surface area contributed by atoms with Crippen molar-refractivity contribution in [2.75, 3.05) is 20.8 Å². The third kappa shape index (κ3) is 4.69. The standard InChI is InChI=1S/C20H29NO4.C2H6/c1-20(2,3)25-19(22)21-10-6-7-14-11-15-13(12-16(14)21)8-9-17(23-4)18(15)24-5;1-2/h8-9,14,16H,6-7,10-12H2,1-5H3;1-2H3/t14?,16-;/m0./s1. The minimum atomic E-state index is -0.465.